The van der Waals surface area contributed by atoms with Gasteiger partial charge in [0.05, 0.1) is 5.69 Å². The van der Waals surface area contributed by atoms with Crippen LogP contribution in [0.3, 0.4) is 0 Å². The van der Waals surface area contributed by atoms with Gasteiger partial charge in [0.15, 0.2) is 5.82 Å². The van der Waals surface area contributed by atoms with E-state index >= 15 is 0 Å². The zero-order chi connectivity index (χ0) is 29.2. The molecule has 2 saturated heterocycles. The van der Waals surface area contributed by atoms with Crippen LogP contribution < -0.4 is 20.7 Å². The van der Waals surface area contributed by atoms with Gasteiger partial charge in [0.1, 0.15) is 60.7 Å². The number of fused-ring (bicyclic) bond motifs is 1. The first kappa shape index (κ1) is 28.9. The maximum Gasteiger partial charge on any atom is 0.459 e. The van der Waals surface area contributed by atoms with E-state index in [2.05, 4.69) is 20.5 Å². The van der Waals surface area contributed by atoms with Gasteiger partial charge in [-0.15, -0.1) is 0 Å². The molecule has 2 aromatic heterocycles. The Morgan fingerprint density at radius 1 is 1.37 bits per heavy atom. The number of hydrogen-bond donors (Lipinski definition) is 5. The third kappa shape index (κ3) is 5.90. The Balaban J connectivity index is 1.36. The van der Waals surface area contributed by atoms with Crippen LogP contribution in [0.1, 0.15) is 25.1 Å². The minimum atomic E-state index is -4.41. The van der Waals surface area contributed by atoms with Crippen molar-refractivity contribution in [3.05, 3.63) is 54.5 Å². The van der Waals surface area contributed by atoms with Gasteiger partial charge < -0.3 is 35.3 Å². The number of rotatable bonds is 10. The summed E-state index contributed by atoms with van der Waals surface area (Å²) in [5.74, 6) is -0.350. The summed E-state index contributed by atoms with van der Waals surface area (Å²) < 4.78 is 37.9. The fourth-order valence-electron chi connectivity index (χ4n) is 4.65. The number of nitrogens with two attached hydrogens (primary N) is 1. The second kappa shape index (κ2) is 11.7. The lowest BCUT2D eigenvalue weighted by Crippen LogP contribution is -2.46. The number of esters is 1. The number of nitriles is 1. The molecule has 0 spiro atoms. The lowest BCUT2D eigenvalue weighted by atomic mass is 9.96. The normalized spacial score (nSPS) is 28.1. The number of nitrogens with zero attached hydrogens (tertiary/aromatic N) is 4. The van der Waals surface area contributed by atoms with Crippen LogP contribution in [0.5, 0.6) is 5.75 Å². The second-order valence-electron chi connectivity index (χ2n) is 9.75. The SMILES string of the molecule is C[C@H](NP(=O)(OC[C@@]1(C#N)O[C@@H](c2ccc3c(N)ncnn23)[C@H](O)[C@@H]1O)Oc1ccccc1)C(=O)O[C@@H]1CCNC1. The zero-order valence-corrected chi connectivity index (χ0v) is 22.9. The molecular formula is C25H30N7O8P. The monoisotopic (exact) mass is 587 g/mol. The molecule has 2 aliphatic rings. The number of aliphatic hydroxyl groups excluding tert-OH is 2. The lowest BCUT2D eigenvalue weighted by Gasteiger charge is -2.28. The fourth-order valence-corrected chi connectivity index (χ4v) is 6.17. The van der Waals surface area contributed by atoms with Gasteiger partial charge in [0.25, 0.3) is 0 Å². The zero-order valence-electron chi connectivity index (χ0n) is 22.0. The molecule has 0 bridgehead atoms. The summed E-state index contributed by atoms with van der Waals surface area (Å²) >= 11 is 0. The topological polar surface area (TPSA) is 216 Å². The van der Waals surface area contributed by atoms with E-state index in [4.69, 9.17) is 24.3 Å². The Morgan fingerprint density at radius 2 is 2.15 bits per heavy atom. The number of carbonyl (C=O) groups is 1. The molecule has 0 amide bonds. The van der Waals surface area contributed by atoms with Crippen molar-refractivity contribution in [3.8, 4) is 11.8 Å². The van der Waals surface area contributed by atoms with Crippen molar-refractivity contribution in [1.29, 1.82) is 5.26 Å². The third-order valence-corrected chi connectivity index (χ3v) is 8.49. The number of carbonyl (C=O) groups excluding carboxylic acids is 1. The average Bonchev–Trinajstić information content (AvgIpc) is 3.69. The number of nitrogens with one attached hydrogen (secondary N) is 2. The van der Waals surface area contributed by atoms with Crippen LogP contribution in [-0.2, 0) is 23.4 Å². The molecule has 41 heavy (non-hydrogen) atoms. The molecule has 5 rings (SSSR count). The number of hydrogen-bond acceptors (Lipinski definition) is 13. The molecule has 7 atom stereocenters. The smallest absolute Gasteiger partial charge is 0.459 e. The molecule has 4 heterocycles. The molecule has 15 nitrogen and oxygen atoms in total. The van der Waals surface area contributed by atoms with Crippen LogP contribution in [0.4, 0.5) is 5.82 Å². The Morgan fingerprint density at radius 3 is 2.85 bits per heavy atom. The number of nitrogen functional groups attached to an aromatic ring is 1. The first-order valence-electron chi connectivity index (χ1n) is 12.9. The van der Waals surface area contributed by atoms with Gasteiger partial charge in [-0.1, -0.05) is 18.2 Å². The number of anilines is 1. The number of aliphatic hydroxyl groups is 2. The van der Waals surface area contributed by atoms with E-state index < -0.39 is 50.3 Å². The Hall–Kier alpha value is -3.61. The van der Waals surface area contributed by atoms with E-state index in [1.165, 1.54) is 29.9 Å². The van der Waals surface area contributed by atoms with Gasteiger partial charge in [0, 0.05) is 6.54 Å². The highest BCUT2D eigenvalue weighted by atomic mass is 31.2. The van der Waals surface area contributed by atoms with Crippen molar-refractivity contribution in [1.82, 2.24) is 25.0 Å². The fraction of sp³-hybridized carbons (Fsp3) is 0.440. The lowest BCUT2D eigenvalue weighted by molar-refractivity contribution is -0.149. The molecule has 2 fully saturated rings. The summed E-state index contributed by atoms with van der Waals surface area (Å²) in [6.45, 7) is 1.85. The molecule has 0 saturated carbocycles. The molecule has 3 aromatic rings. The Bertz CT molecular complexity index is 1480. The van der Waals surface area contributed by atoms with Crippen molar-refractivity contribution in [2.24, 2.45) is 0 Å². The van der Waals surface area contributed by atoms with Crippen LogP contribution in [-0.4, -0.2) is 80.4 Å². The van der Waals surface area contributed by atoms with Gasteiger partial charge in [0.2, 0.25) is 5.60 Å². The highest BCUT2D eigenvalue weighted by molar-refractivity contribution is 7.52. The predicted octanol–water partition coefficient (Wildman–Crippen LogP) is 0.454. The van der Waals surface area contributed by atoms with Gasteiger partial charge in [-0.3, -0.25) is 9.32 Å². The van der Waals surface area contributed by atoms with E-state index in [9.17, 15) is 24.8 Å². The molecular weight excluding hydrogens is 557 g/mol. The first-order valence-corrected chi connectivity index (χ1v) is 14.4. The van der Waals surface area contributed by atoms with Crippen molar-refractivity contribution in [3.63, 3.8) is 0 Å². The van der Waals surface area contributed by atoms with E-state index in [0.717, 1.165) is 0 Å². The summed E-state index contributed by atoms with van der Waals surface area (Å²) in [4.78, 5) is 16.6. The first-order chi connectivity index (χ1) is 19.6. The molecule has 0 aliphatic carbocycles. The van der Waals surface area contributed by atoms with Crippen molar-refractivity contribution >= 4 is 25.1 Å². The summed E-state index contributed by atoms with van der Waals surface area (Å²) in [5, 5.41) is 41.7. The number of para-hydroxylation sites is 1. The Labute approximate surface area is 234 Å². The standard InChI is InChI=1S/C25H30N7O8P/c1-15(24(35)38-17-9-10-28-11-17)31-41(36,40-16-5-3-2-4-6-16)37-13-25(12-26)22(34)20(33)21(39-25)18-7-8-19-23(27)29-14-30-32(18)19/h2-8,14-15,17,20-22,28,33-34H,9-11,13H2,1H3,(H,31,36)(H2,27,29,30)/t15-,17+,20-,21-,22-,25+,41?/m0/s1. The average molecular weight is 588 g/mol. The van der Waals surface area contributed by atoms with Gasteiger partial charge in [-0.05, 0) is 44.2 Å². The van der Waals surface area contributed by atoms with E-state index in [1.807, 2.05) is 6.07 Å². The van der Waals surface area contributed by atoms with Gasteiger partial charge in [-0.25, -0.2) is 14.1 Å². The van der Waals surface area contributed by atoms with E-state index in [1.54, 1.807) is 30.3 Å². The van der Waals surface area contributed by atoms with Crippen molar-refractivity contribution < 1.29 is 38.1 Å². The third-order valence-electron chi connectivity index (χ3n) is 6.86. The van der Waals surface area contributed by atoms with Crippen molar-refractivity contribution in [2.75, 3.05) is 25.4 Å². The molecule has 0 radical (unpaired) electrons. The maximum absolute atomic E-state index is 13.9. The van der Waals surface area contributed by atoms with E-state index in [0.29, 0.717) is 25.0 Å². The molecule has 218 valence electrons. The molecule has 2 aliphatic heterocycles. The Kier molecular flexibility index (Phi) is 8.25. The van der Waals surface area contributed by atoms with Crippen LogP contribution in [0.2, 0.25) is 0 Å². The van der Waals surface area contributed by atoms with E-state index in [-0.39, 0.29) is 23.4 Å². The maximum atomic E-state index is 13.9. The molecule has 6 N–H and O–H groups in total. The van der Waals surface area contributed by atoms with Gasteiger partial charge in [-0.2, -0.15) is 15.4 Å². The number of benzene rings is 1. The van der Waals surface area contributed by atoms with Crippen LogP contribution >= 0.6 is 7.75 Å². The predicted molar refractivity (Wildman–Crippen MR) is 142 cm³/mol. The highest BCUT2D eigenvalue weighted by Crippen LogP contribution is 2.48. The van der Waals surface area contributed by atoms with Crippen LogP contribution in [0, 0.1) is 11.3 Å². The highest BCUT2D eigenvalue weighted by Gasteiger charge is 2.57. The minimum Gasteiger partial charge on any atom is -0.460 e. The summed E-state index contributed by atoms with van der Waals surface area (Å²) in [5.41, 5.74) is 4.43. The second-order valence-corrected chi connectivity index (χ2v) is 11.4. The quantitative estimate of drug-likeness (QED) is 0.161. The summed E-state index contributed by atoms with van der Waals surface area (Å²) in [6.07, 6.45) is -3.08. The number of ether oxygens (including phenoxy) is 2. The van der Waals surface area contributed by atoms with Crippen LogP contribution in [0.25, 0.3) is 5.52 Å². The summed E-state index contributed by atoms with van der Waals surface area (Å²) in [6, 6.07) is 11.9. The number of aromatic nitrogens is 3. The summed E-state index contributed by atoms with van der Waals surface area (Å²) in [7, 11) is -4.41. The van der Waals surface area contributed by atoms with Crippen LogP contribution in [0.15, 0.2) is 48.8 Å². The molecule has 1 aromatic carbocycles. The van der Waals surface area contributed by atoms with Crippen molar-refractivity contribution in [2.45, 2.75) is 49.4 Å². The molecule has 1 unspecified atom stereocenters. The largest absolute Gasteiger partial charge is 0.460 e. The minimum absolute atomic E-state index is 0.151. The molecule has 16 heteroatoms. The van der Waals surface area contributed by atoms with Gasteiger partial charge >= 0.3 is 13.7 Å².